The lowest BCUT2D eigenvalue weighted by molar-refractivity contribution is 0.0756. The number of carbonyl (C=O) groups is 1. The molecule has 1 aliphatic heterocycles. The molecule has 0 unspecified atom stereocenters. The molecule has 1 aromatic rings. The molecule has 109 valence electrons. The van der Waals surface area contributed by atoms with Gasteiger partial charge < -0.3 is 10.6 Å². The van der Waals surface area contributed by atoms with Crippen LogP contribution in [0.15, 0.2) is 24.3 Å². The number of nitrogens with zero attached hydrogens (tertiary/aromatic N) is 1. The molecule has 1 amide bonds. The van der Waals surface area contributed by atoms with Crippen LogP contribution in [0.5, 0.6) is 0 Å². The van der Waals surface area contributed by atoms with E-state index in [0.29, 0.717) is 5.69 Å². The highest BCUT2D eigenvalue weighted by molar-refractivity contribution is 5.94. The van der Waals surface area contributed by atoms with E-state index in [4.69, 9.17) is 5.73 Å². The molecule has 0 spiro atoms. The number of rotatable bonds is 1. The fraction of sp³-hybridized carbons (Fsp3) is 0.412. The maximum atomic E-state index is 12.4. The van der Waals surface area contributed by atoms with Gasteiger partial charge in [0.15, 0.2) is 0 Å². The molecule has 2 rings (SSSR count). The van der Waals surface area contributed by atoms with Crippen LogP contribution in [-0.4, -0.2) is 23.9 Å². The smallest absolute Gasteiger partial charge is 0.253 e. The lowest BCUT2D eigenvalue weighted by Gasteiger charge is -2.22. The highest BCUT2D eigenvalue weighted by Gasteiger charge is 2.15. The Morgan fingerprint density at radius 2 is 1.65 bits per heavy atom. The SMILES string of the molecule is Nc1ccc(C(=O)N2CC[CH]CCCCC2)cc1.[CH2].[CH2]. The van der Waals surface area contributed by atoms with Gasteiger partial charge in [-0.3, -0.25) is 4.79 Å². The van der Waals surface area contributed by atoms with Crippen molar-refractivity contribution in [1.82, 2.24) is 4.90 Å². The molecule has 2 N–H and O–H groups in total. The summed E-state index contributed by atoms with van der Waals surface area (Å²) in [6.45, 7) is 1.71. The normalized spacial score (nSPS) is 15.9. The summed E-state index contributed by atoms with van der Waals surface area (Å²) in [4.78, 5) is 14.3. The third-order valence-electron chi connectivity index (χ3n) is 3.38. The number of hydrogen-bond acceptors (Lipinski definition) is 2. The first-order valence-corrected chi connectivity index (χ1v) is 6.74. The number of nitrogens with two attached hydrogens (primary N) is 1. The molecule has 5 radical (unpaired) electrons. The van der Waals surface area contributed by atoms with Crippen molar-refractivity contribution in [2.45, 2.75) is 32.1 Å². The monoisotopic (exact) mass is 273 g/mol. The van der Waals surface area contributed by atoms with Gasteiger partial charge in [-0.2, -0.15) is 0 Å². The molecule has 20 heavy (non-hydrogen) atoms. The fourth-order valence-corrected chi connectivity index (χ4v) is 2.28. The van der Waals surface area contributed by atoms with Gasteiger partial charge in [-0.15, -0.1) is 0 Å². The zero-order valence-corrected chi connectivity index (χ0v) is 12.2. The van der Waals surface area contributed by atoms with E-state index < -0.39 is 0 Å². The van der Waals surface area contributed by atoms with Gasteiger partial charge in [0.05, 0.1) is 0 Å². The minimum absolute atomic E-state index is 0. The van der Waals surface area contributed by atoms with E-state index in [1.807, 2.05) is 17.0 Å². The Balaban J connectivity index is 0.00000180. The van der Waals surface area contributed by atoms with Crippen LogP contribution < -0.4 is 5.73 Å². The van der Waals surface area contributed by atoms with E-state index >= 15 is 0 Å². The van der Waals surface area contributed by atoms with E-state index in [1.54, 1.807) is 12.1 Å². The van der Waals surface area contributed by atoms with E-state index in [0.717, 1.165) is 31.5 Å². The molecule has 0 aromatic heterocycles. The first kappa shape index (κ1) is 18.5. The van der Waals surface area contributed by atoms with E-state index in [1.165, 1.54) is 19.3 Å². The van der Waals surface area contributed by atoms with Crippen molar-refractivity contribution in [3.8, 4) is 0 Å². The molecule has 0 bridgehead atoms. The van der Waals surface area contributed by atoms with Crippen LogP contribution in [0.4, 0.5) is 5.69 Å². The van der Waals surface area contributed by atoms with E-state index in [9.17, 15) is 4.79 Å². The predicted octanol–water partition coefficient (Wildman–Crippen LogP) is 3.53. The number of carbonyl (C=O) groups excluding carboxylic acids is 1. The van der Waals surface area contributed by atoms with E-state index in [2.05, 4.69) is 6.42 Å². The Bertz CT molecular complexity index is 376. The summed E-state index contributed by atoms with van der Waals surface area (Å²) < 4.78 is 0. The maximum absolute atomic E-state index is 12.4. The molecule has 0 aliphatic carbocycles. The fourth-order valence-electron chi connectivity index (χ4n) is 2.28. The first-order valence-electron chi connectivity index (χ1n) is 6.74. The van der Waals surface area contributed by atoms with Gasteiger partial charge in [-0.1, -0.05) is 34.1 Å². The topological polar surface area (TPSA) is 46.3 Å². The number of amides is 1. The average molecular weight is 273 g/mol. The minimum atomic E-state index is 0. The molecule has 3 nitrogen and oxygen atoms in total. The molecule has 1 saturated heterocycles. The third kappa shape index (κ3) is 5.24. The molecule has 1 heterocycles. The molecule has 0 atom stereocenters. The molecular weight excluding hydrogens is 248 g/mol. The number of benzene rings is 1. The molecule has 1 aliphatic rings. The summed E-state index contributed by atoms with van der Waals surface area (Å²) in [7, 11) is 0. The molecule has 1 fully saturated rings. The lowest BCUT2D eigenvalue weighted by atomic mass is 10.1. The van der Waals surface area contributed by atoms with Gasteiger partial charge >= 0.3 is 0 Å². The standard InChI is InChI=1S/C15H21N2O.2CH2/c16-14-9-7-13(8-10-14)15(18)17-11-5-3-1-2-4-6-12-17;;/h3,7-10H,1-2,4-6,11-12,16H2;2*1H2. The van der Waals surface area contributed by atoms with Crippen LogP contribution in [0.3, 0.4) is 0 Å². The first-order chi connectivity index (χ1) is 8.77. The van der Waals surface area contributed by atoms with Crippen molar-refractivity contribution in [2.24, 2.45) is 0 Å². The molecule has 0 saturated carbocycles. The van der Waals surface area contributed by atoms with Crippen LogP contribution >= 0.6 is 0 Å². The van der Waals surface area contributed by atoms with Crippen LogP contribution in [0.1, 0.15) is 42.5 Å². The largest absolute Gasteiger partial charge is 0.399 e. The summed E-state index contributed by atoms with van der Waals surface area (Å²) in [6, 6.07) is 7.20. The van der Waals surface area contributed by atoms with Crippen molar-refractivity contribution in [3.05, 3.63) is 51.1 Å². The Hall–Kier alpha value is -1.51. The van der Waals surface area contributed by atoms with Gasteiger partial charge in [0.2, 0.25) is 0 Å². The van der Waals surface area contributed by atoms with E-state index in [-0.39, 0.29) is 20.8 Å². The summed E-state index contributed by atoms with van der Waals surface area (Å²) in [5.41, 5.74) is 7.08. The van der Waals surface area contributed by atoms with Gasteiger partial charge in [0, 0.05) is 24.3 Å². The number of anilines is 1. The quantitative estimate of drug-likeness (QED) is 0.796. The maximum Gasteiger partial charge on any atom is 0.253 e. The predicted molar refractivity (Wildman–Crippen MR) is 84.9 cm³/mol. The van der Waals surface area contributed by atoms with Gasteiger partial charge in [0.25, 0.3) is 5.91 Å². The molecule has 3 heteroatoms. The summed E-state index contributed by atoms with van der Waals surface area (Å²) >= 11 is 0. The number of nitrogen functional groups attached to an aromatic ring is 1. The van der Waals surface area contributed by atoms with Crippen LogP contribution in [-0.2, 0) is 0 Å². The zero-order chi connectivity index (χ0) is 12.8. The highest BCUT2D eigenvalue weighted by Crippen LogP contribution is 2.14. The second-order valence-electron chi connectivity index (χ2n) is 4.84. The van der Waals surface area contributed by atoms with Crippen LogP contribution in [0.25, 0.3) is 0 Å². The minimum Gasteiger partial charge on any atom is -0.399 e. The van der Waals surface area contributed by atoms with Crippen molar-refractivity contribution in [3.63, 3.8) is 0 Å². The van der Waals surface area contributed by atoms with Crippen molar-refractivity contribution >= 4 is 11.6 Å². The lowest BCUT2D eigenvalue weighted by Crippen LogP contribution is -2.32. The van der Waals surface area contributed by atoms with Crippen LogP contribution in [0, 0.1) is 21.3 Å². The van der Waals surface area contributed by atoms with Crippen molar-refractivity contribution in [2.75, 3.05) is 18.8 Å². The molecular formula is C17H25N2O. The Kier molecular flexibility index (Phi) is 8.69. The Morgan fingerprint density at radius 1 is 0.950 bits per heavy atom. The van der Waals surface area contributed by atoms with Crippen molar-refractivity contribution in [1.29, 1.82) is 0 Å². The summed E-state index contributed by atoms with van der Waals surface area (Å²) in [5, 5.41) is 0. The zero-order valence-electron chi connectivity index (χ0n) is 12.2. The second-order valence-corrected chi connectivity index (χ2v) is 4.84. The Morgan fingerprint density at radius 3 is 2.35 bits per heavy atom. The third-order valence-corrected chi connectivity index (χ3v) is 3.38. The summed E-state index contributed by atoms with van der Waals surface area (Å²) in [5.74, 6) is 0.130. The van der Waals surface area contributed by atoms with Gasteiger partial charge in [-0.25, -0.2) is 0 Å². The average Bonchev–Trinajstić information content (AvgIpc) is 2.52. The van der Waals surface area contributed by atoms with Crippen LogP contribution in [0.2, 0.25) is 0 Å². The molecule has 1 aromatic carbocycles. The van der Waals surface area contributed by atoms with Crippen molar-refractivity contribution < 1.29 is 4.79 Å². The summed E-state index contributed by atoms with van der Waals surface area (Å²) in [6.07, 6.45) is 8.06. The second kappa shape index (κ2) is 9.40. The van der Waals surface area contributed by atoms with Gasteiger partial charge in [0.1, 0.15) is 0 Å². The number of hydrogen-bond donors (Lipinski definition) is 1. The highest BCUT2D eigenvalue weighted by atomic mass is 16.2. The Labute approximate surface area is 124 Å². The van der Waals surface area contributed by atoms with Gasteiger partial charge in [-0.05, 0) is 43.5 Å².